The van der Waals surface area contributed by atoms with Gasteiger partial charge in [0.15, 0.2) is 5.78 Å². The van der Waals surface area contributed by atoms with Crippen molar-refractivity contribution >= 4 is 33.3 Å². The van der Waals surface area contributed by atoms with E-state index in [-0.39, 0.29) is 5.78 Å². The quantitative estimate of drug-likeness (QED) is 0.771. The van der Waals surface area contributed by atoms with Gasteiger partial charge in [-0.1, -0.05) is 64.5 Å². The molecule has 1 atom stereocenters. The molecular formula is C14H12BrClO. The summed E-state index contributed by atoms with van der Waals surface area (Å²) in [4.78, 5) is 12.0. The van der Waals surface area contributed by atoms with E-state index in [9.17, 15) is 4.79 Å². The molecule has 17 heavy (non-hydrogen) atoms. The molecule has 0 spiro atoms. The first-order valence-corrected chi connectivity index (χ1v) is 6.58. The van der Waals surface area contributed by atoms with Crippen molar-refractivity contribution in [2.24, 2.45) is 0 Å². The van der Waals surface area contributed by atoms with Gasteiger partial charge >= 0.3 is 0 Å². The van der Waals surface area contributed by atoms with Gasteiger partial charge in [0, 0.05) is 12.0 Å². The molecule has 0 fully saturated rings. The van der Waals surface area contributed by atoms with Gasteiger partial charge in [-0.05, 0) is 12.0 Å². The van der Waals surface area contributed by atoms with Crippen molar-refractivity contribution < 1.29 is 4.79 Å². The first-order valence-electron chi connectivity index (χ1n) is 5.41. The van der Waals surface area contributed by atoms with Crippen LogP contribution in [0.4, 0.5) is 0 Å². The summed E-state index contributed by atoms with van der Waals surface area (Å²) in [5, 5.41) is 0. The Balaban J connectivity index is 2.04. The fraction of sp³-hybridized carbons (Fsp3) is 0.214. The summed E-state index contributed by atoms with van der Waals surface area (Å²) in [5.74, 6) is 0.132. The maximum atomic E-state index is 12.0. The van der Waals surface area contributed by atoms with Crippen LogP contribution in [0.3, 0.4) is 0 Å². The number of hydrogen-bond acceptors (Lipinski definition) is 1. The van der Waals surface area contributed by atoms with Gasteiger partial charge in [0.05, 0.1) is 0 Å². The standard InChI is InChI=1S/C14H12BrClO/c15-14(16)8-6-12(7-9-14)13(17)10-11-4-2-1-3-5-11/h1-8H,9-10H2. The Bertz CT molecular complexity index is 474. The molecule has 1 aromatic rings. The third-order valence-corrected chi connectivity index (χ3v) is 3.50. The number of alkyl halides is 2. The van der Waals surface area contributed by atoms with E-state index >= 15 is 0 Å². The number of ketones is 1. The largest absolute Gasteiger partial charge is 0.294 e. The molecule has 1 aliphatic carbocycles. The second-order valence-corrected chi connectivity index (χ2v) is 6.59. The number of Topliss-reactive ketones (excluding diaryl/α,β-unsaturated/α-hetero) is 1. The van der Waals surface area contributed by atoms with Gasteiger partial charge in [-0.25, -0.2) is 0 Å². The highest BCUT2D eigenvalue weighted by molar-refractivity contribution is 9.10. The summed E-state index contributed by atoms with van der Waals surface area (Å²) < 4.78 is -0.524. The van der Waals surface area contributed by atoms with Crippen molar-refractivity contribution in [2.75, 3.05) is 0 Å². The summed E-state index contributed by atoms with van der Waals surface area (Å²) in [6.45, 7) is 0. The average molecular weight is 312 g/mol. The van der Waals surface area contributed by atoms with E-state index in [4.69, 9.17) is 11.6 Å². The zero-order chi connectivity index (χ0) is 12.3. The lowest BCUT2D eigenvalue weighted by molar-refractivity contribution is -0.114. The maximum absolute atomic E-state index is 12.0. The van der Waals surface area contributed by atoms with E-state index in [1.165, 1.54) is 0 Å². The van der Waals surface area contributed by atoms with Gasteiger partial charge in [0.1, 0.15) is 3.78 Å². The number of rotatable bonds is 3. The molecule has 0 saturated heterocycles. The van der Waals surface area contributed by atoms with Crippen LogP contribution in [0, 0.1) is 0 Å². The summed E-state index contributed by atoms with van der Waals surface area (Å²) in [6.07, 6.45) is 6.55. The lowest BCUT2D eigenvalue weighted by Gasteiger charge is -2.17. The van der Waals surface area contributed by atoms with Crippen LogP contribution in [-0.4, -0.2) is 9.57 Å². The number of carbonyl (C=O) groups is 1. The molecule has 0 N–H and O–H groups in total. The van der Waals surface area contributed by atoms with Crippen LogP contribution in [0.15, 0.2) is 54.1 Å². The molecule has 0 bridgehead atoms. The second kappa shape index (κ2) is 5.19. The molecular weight excluding hydrogens is 300 g/mol. The summed E-state index contributed by atoms with van der Waals surface area (Å²) >= 11 is 9.43. The first-order chi connectivity index (χ1) is 8.07. The van der Waals surface area contributed by atoms with Gasteiger partial charge in [-0.3, -0.25) is 4.79 Å². The minimum Gasteiger partial charge on any atom is -0.294 e. The van der Waals surface area contributed by atoms with Crippen molar-refractivity contribution in [1.82, 2.24) is 0 Å². The predicted molar refractivity (Wildman–Crippen MR) is 74.5 cm³/mol. The molecule has 1 nitrogen and oxygen atoms in total. The molecule has 1 aromatic carbocycles. The number of benzene rings is 1. The second-order valence-electron chi connectivity index (χ2n) is 4.04. The van der Waals surface area contributed by atoms with Crippen molar-refractivity contribution in [1.29, 1.82) is 0 Å². The fourth-order valence-corrected chi connectivity index (χ4v) is 2.12. The molecule has 0 saturated carbocycles. The first kappa shape index (κ1) is 12.6. The third-order valence-electron chi connectivity index (χ3n) is 2.63. The van der Waals surface area contributed by atoms with Gasteiger partial charge in [-0.2, -0.15) is 0 Å². The van der Waals surface area contributed by atoms with E-state index < -0.39 is 3.78 Å². The van der Waals surface area contributed by atoms with E-state index in [2.05, 4.69) is 15.9 Å². The maximum Gasteiger partial charge on any atom is 0.166 e. The molecule has 1 unspecified atom stereocenters. The summed E-state index contributed by atoms with van der Waals surface area (Å²) in [6, 6.07) is 9.75. The normalized spacial score (nSPS) is 23.3. The van der Waals surface area contributed by atoms with Crippen LogP contribution >= 0.6 is 27.5 Å². The Morgan fingerprint density at radius 3 is 2.65 bits per heavy atom. The van der Waals surface area contributed by atoms with Gasteiger partial charge in [0.2, 0.25) is 0 Å². The monoisotopic (exact) mass is 310 g/mol. The number of carbonyl (C=O) groups excluding carboxylic acids is 1. The van der Waals surface area contributed by atoms with Gasteiger partial charge in [0.25, 0.3) is 0 Å². The molecule has 3 heteroatoms. The molecule has 0 radical (unpaired) electrons. The van der Waals surface area contributed by atoms with Crippen LogP contribution in [0.2, 0.25) is 0 Å². The summed E-state index contributed by atoms with van der Waals surface area (Å²) in [5.41, 5.74) is 1.78. The molecule has 88 valence electrons. The van der Waals surface area contributed by atoms with E-state index in [0.717, 1.165) is 11.1 Å². The van der Waals surface area contributed by atoms with E-state index in [1.54, 1.807) is 6.08 Å². The van der Waals surface area contributed by atoms with Crippen LogP contribution in [0.1, 0.15) is 12.0 Å². The predicted octanol–water partition coefficient (Wildman–Crippen LogP) is 4.01. The average Bonchev–Trinajstić information content (AvgIpc) is 2.30. The SMILES string of the molecule is O=C(Cc1ccccc1)C1=CCC(Cl)(Br)C=C1. The van der Waals surface area contributed by atoms with Crippen LogP contribution in [0.5, 0.6) is 0 Å². The highest BCUT2D eigenvalue weighted by Crippen LogP contribution is 2.34. The Hall–Kier alpha value is -0.860. The molecule has 0 aromatic heterocycles. The molecule has 0 aliphatic heterocycles. The Kier molecular flexibility index (Phi) is 3.85. The number of halogens is 2. The molecule has 1 aliphatic rings. The van der Waals surface area contributed by atoms with Crippen molar-refractivity contribution in [3.63, 3.8) is 0 Å². The number of allylic oxidation sites excluding steroid dienone is 4. The minimum absolute atomic E-state index is 0.132. The Labute approximate surface area is 114 Å². The minimum atomic E-state index is -0.524. The highest BCUT2D eigenvalue weighted by Gasteiger charge is 2.22. The lowest BCUT2D eigenvalue weighted by Crippen LogP contribution is -2.14. The van der Waals surface area contributed by atoms with Crippen molar-refractivity contribution in [3.8, 4) is 0 Å². The van der Waals surface area contributed by atoms with E-state index in [0.29, 0.717) is 12.8 Å². The van der Waals surface area contributed by atoms with Crippen LogP contribution in [0.25, 0.3) is 0 Å². The zero-order valence-corrected chi connectivity index (χ0v) is 11.5. The zero-order valence-electron chi connectivity index (χ0n) is 9.20. The van der Waals surface area contributed by atoms with Crippen LogP contribution < -0.4 is 0 Å². The topological polar surface area (TPSA) is 17.1 Å². The molecule has 0 heterocycles. The lowest BCUT2D eigenvalue weighted by atomic mass is 9.98. The Morgan fingerprint density at radius 1 is 1.35 bits per heavy atom. The molecule has 0 amide bonds. The van der Waals surface area contributed by atoms with Crippen molar-refractivity contribution in [2.45, 2.75) is 16.6 Å². The summed E-state index contributed by atoms with van der Waals surface area (Å²) in [7, 11) is 0. The van der Waals surface area contributed by atoms with Gasteiger partial charge < -0.3 is 0 Å². The van der Waals surface area contributed by atoms with Crippen LogP contribution in [-0.2, 0) is 11.2 Å². The molecule has 2 rings (SSSR count). The fourth-order valence-electron chi connectivity index (χ4n) is 1.68. The van der Waals surface area contributed by atoms with E-state index in [1.807, 2.05) is 42.5 Å². The Morgan fingerprint density at radius 2 is 2.06 bits per heavy atom. The number of hydrogen-bond donors (Lipinski definition) is 0. The highest BCUT2D eigenvalue weighted by atomic mass is 79.9. The third kappa shape index (κ3) is 3.55. The van der Waals surface area contributed by atoms with Crippen molar-refractivity contribution in [3.05, 3.63) is 59.7 Å². The smallest absolute Gasteiger partial charge is 0.166 e. The van der Waals surface area contributed by atoms with Gasteiger partial charge in [-0.15, -0.1) is 11.6 Å².